The lowest BCUT2D eigenvalue weighted by molar-refractivity contribution is 0.636. The predicted octanol–water partition coefficient (Wildman–Crippen LogP) is 3.98. The van der Waals surface area contributed by atoms with Gasteiger partial charge in [-0.1, -0.05) is 13.0 Å². The summed E-state index contributed by atoms with van der Waals surface area (Å²) in [5.41, 5.74) is 4.65. The number of halogens is 1. The van der Waals surface area contributed by atoms with Gasteiger partial charge in [0.1, 0.15) is 11.3 Å². The second kappa shape index (κ2) is 4.92. The van der Waals surface area contributed by atoms with Crippen molar-refractivity contribution in [2.75, 3.05) is 11.9 Å². The Kier molecular flexibility index (Phi) is 3.50. The van der Waals surface area contributed by atoms with Crippen LogP contribution in [-0.2, 0) is 6.42 Å². The van der Waals surface area contributed by atoms with E-state index in [1.165, 1.54) is 6.07 Å². The minimum absolute atomic E-state index is 0.246. The number of nitrogens with zero attached hydrogens (tertiary/aromatic N) is 1. The fourth-order valence-corrected chi connectivity index (χ4v) is 2.38. The molecule has 2 nitrogen and oxygen atoms in total. The zero-order valence-corrected chi connectivity index (χ0v) is 11.4. The summed E-state index contributed by atoms with van der Waals surface area (Å²) < 4.78 is 13.9. The normalized spacial score (nSPS) is 10.9. The van der Waals surface area contributed by atoms with Crippen molar-refractivity contribution in [2.45, 2.75) is 34.1 Å². The molecule has 2 rings (SSSR count). The molecular weight excluding hydrogens is 227 g/mol. The number of fused-ring (bicyclic) bond motifs is 1. The molecule has 96 valence electrons. The van der Waals surface area contributed by atoms with E-state index in [0.717, 1.165) is 40.9 Å². The average Bonchev–Trinajstić information content (AvgIpc) is 2.36. The zero-order chi connectivity index (χ0) is 13.3. The van der Waals surface area contributed by atoms with E-state index in [4.69, 9.17) is 0 Å². The number of anilines is 1. The van der Waals surface area contributed by atoms with Gasteiger partial charge in [-0.25, -0.2) is 9.37 Å². The van der Waals surface area contributed by atoms with E-state index >= 15 is 0 Å². The number of nitrogens with one attached hydrogen (secondary N) is 1. The van der Waals surface area contributed by atoms with Gasteiger partial charge in [0, 0.05) is 23.3 Å². The van der Waals surface area contributed by atoms with Gasteiger partial charge in [-0.05, 0) is 44.4 Å². The lowest BCUT2D eigenvalue weighted by Gasteiger charge is -2.16. The third-order valence-corrected chi connectivity index (χ3v) is 3.33. The molecule has 1 N–H and O–H groups in total. The summed E-state index contributed by atoms with van der Waals surface area (Å²) in [4.78, 5) is 4.48. The van der Waals surface area contributed by atoms with E-state index in [1.54, 1.807) is 0 Å². The van der Waals surface area contributed by atoms with Crippen LogP contribution in [0, 0.1) is 19.7 Å². The highest BCUT2D eigenvalue weighted by Gasteiger charge is 2.14. The van der Waals surface area contributed by atoms with Crippen LogP contribution in [0.25, 0.3) is 10.9 Å². The van der Waals surface area contributed by atoms with Crippen LogP contribution in [0.5, 0.6) is 0 Å². The smallest absolute Gasteiger partial charge is 0.149 e. The van der Waals surface area contributed by atoms with Crippen molar-refractivity contribution >= 4 is 16.6 Å². The van der Waals surface area contributed by atoms with E-state index in [0.29, 0.717) is 5.52 Å². The maximum atomic E-state index is 13.9. The van der Waals surface area contributed by atoms with Crippen molar-refractivity contribution in [3.05, 3.63) is 34.8 Å². The molecule has 3 heteroatoms. The van der Waals surface area contributed by atoms with Crippen molar-refractivity contribution < 1.29 is 4.39 Å². The summed E-state index contributed by atoms with van der Waals surface area (Å²) in [5.74, 6) is -0.246. The summed E-state index contributed by atoms with van der Waals surface area (Å²) in [6.45, 7) is 8.96. The molecule has 0 saturated heterocycles. The van der Waals surface area contributed by atoms with Crippen molar-refractivity contribution in [3.8, 4) is 0 Å². The largest absolute Gasteiger partial charge is 0.384 e. The van der Waals surface area contributed by atoms with Crippen molar-refractivity contribution in [1.82, 2.24) is 4.98 Å². The summed E-state index contributed by atoms with van der Waals surface area (Å²) in [6.07, 6.45) is 0.813. The first-order valence-corrected chi connectivity index (χ1v) is 6.42. The van der Waals surface area contributed by atoms with Gasteiger partial charge in [0.05, 0.1) is 0 Å². The Balaban J connectivity index is 2.90. The highest BCUT2D eigenvalue weighted by Crippen LogP contribution is 2.32. The summed E-state index contributed by atoms with van der Waals surface area (Å²) in [5, 5.41) is 4.26. The Morgan fingerprint density at radius 1 is 1.22 bits per heavy atom. The van der Waals surface area contributed by atoms with Crippen molar-refractivity contribution in [2.24, 2.45) is 0 Å². The second-order valence-electron chi connectivity index (χ2n) is 4.53. The van der Waals surface area contributed by atoms with Gasteiger partial charge in [0.25, 0.3) is 0 Å². The quantitative estimate of drug-likeness (QED) is 0.886. The molecule has 1 aromatic heterocycles. The van der Waals surface area contributed by atoms with Gasteiger partial charge in [0.15, 0.2) is 0 Å². The first-order chi connectivity index (χ1) is 8.60. The molecule has 0 bridgehead atoms. The Bertz CT molecular complexity index is 591. The van der Waals surface area contributed by atoms with Gasteiger partial charge in [-0.3, -0.25) is 0 Å². The van der Waals surface area contributed by atoms with Gasteiger partial charge in [0.2, 0.25) is 0 Å². The summed E-state index contributed by atoms with van der Waals surface area (Å²) >= 11 is 0. The van der Waals surface area contributed by atoms with E-state index in [-0.39, 0.29) is 5.82 Å². The van der Waals surface area contributed by atoms with Crippen LogP contribution in [0.3, 0.4) is 0 Å². The number of pyridine rings is 1. The minimum Gasteiger partial charge on any atom is -0.384 e. The maximum Gasteiger partial charge on any atom is 0.149 e. The molecule has 0 aliphatic rings. The molecule has 0 fully saturated rings. The molecule has 0 aliphatic heterocycles. The molecule has 0 spiro atoms. The summed E-state index contributed by atoms with van der Waals surface area (Å²) in [7, 11) is 0. The van der Waals surface area contributed by atoms with Gasteiger partial charge < -0.3 is 5.32 Å². The van der Waals surface area contributed by atoms with Crippen molar-refractivity contribution in [1.29, 1.82) is 0 Å². The molecule has 0 amide bonds. The van der Waals surface area contributed by atoms with E-state index in [1.807, 2.05) is 33.8 Å². The maximum absolute atomic E-state index is 13.9. The number of aromatic nitrogens is 1. The molecule has 18 heavy (non-hydrogen) atoms. The number of benzene rings is 1. The minimum atomic E-state index is -0.246. The molecule has 0 saturated carbocycles. The topological polar surface area (TPSA) is 24.9 Å². The predicted molar refractivity (Wildman–Crippen MR) is 74.7 cm³/mol. The van der Waals surface area contributed by atoms with Crippen LogP contribution in [0.15, 0.2) is 12.1 Å². The first kappa shape index (κ1) is 12.8. The fourth-order valence-electron chi connectivity index (χ4n) is 2.38. The lowest BCUT2D eigenvalue weighted by Crippen LogP contribution is -2.06. The Hall–Kier alpha value is -1.64. The molecule has 0 atom stereocenters. The van der Waals surface area contributed by atoms with Gasteiger partial charge in [-0.15, -0.1) is 0 Å². The molecule has 0 aliphatic carbocycles. The van der Waals surface area contributed by atoms with E-state index < -0.39 is 0 Å². The fraction of sp³-hybridized carbons (Fsp3) is 0.400. The van der Waals surface area contributed by atoms with E-state index in [2.05, 4.69) is 10.3 Å². The second-order valence-corrected chi connectivity index (χ2v) is 4.53. The third-order valence-electron chi connectivity index (χ3n) is 3.33. The number of aryl methyl sites for hydroxylation is 2. The molecule has 1 aromatic carbocycles. The number of hydrogen-bond donors (Lipinski definition) is 1. The lowest BCUT2D eigenvalue weighted by atomic mass is 10.0. The Labute approximate surface area is 107 Å². The first-order valence-electron chi connectivity index (χ1n) is 6.42. The summed E-state index contributed by atoms with van der Waals surface area (Å²) in [6, 6.07) is 3.31. The van der Waals surface area contributed by atoms with Crippen LogP contribution in [0.4, 0.5) is 10.1 Å². The standard InChI is InChI=1S/C15H19FN2/c1-5-12-10(4)14(17-6-2)13-9(3)7-8-11(16)15(13)18-12/h7-8H,5-6H2,1-4H3,(H,17,18). The molecule has 2 aromatic rings. The highest BCUT2D eigenvalue weighted by atomic mass is 19.1. The third kappa shape index (κ3) is 1.94. The Morgan fingerprint density at radius 2 is 1.94 bits per heavy atom. The van der Waals surface area contributed by atoms with Crippen molar-refractivity contribution in [3.63, 3.8) is 0 Å². The highest BCUT2D eigenvalue weighted by molar-refractivity contribution is 5.96. The molecule has 0 unspecified atom stereocenters. The number of hydrogen-bond acceptors (Lipinski definition) is 2. The zero-order valence-electron chi connectivity index (χ0n) is 11.4. The molecular formula is C15H19FN2. The average molecular weight is 246 g/mol. The monoisotopic (exact) mass is 246 g/mol. The van der Waals surface area contributed by atoms with E-state index in [9.17, 15) is 4.39 Å². The van der Waals surface area contributed by atoms with Gasteiger partial charge >= 0.3 is 0 Å². The molecule has 0 radical (unpaired) electrons. The van der Waals surface area contributed by atoms with Crippen LogP contribution in [-0.4, -0.2) is 11.5 Å². The van der Waals surface area contributed by atoms with Crippen LogP contribution < -0.4 is 5.32 Å². The number of rotatable bonds is 3. The van der Waals surface area contributed by atoms with Crippen LogP contribution in [0.2, 0.25) is 0 Å². The Morgan fingerprint density at radius 3 is 2.56 bits per heavy atom. The SMILES string of the molecule is CCNc1c(C)c(CC)nc2c(F)ccc(C)c12. The molecule has 1 heterocycles. The van der Waals surface area contributed by atoms with Crippen LogP contribution >= 0.6 is 0 Å². The van der Waals surface area contributed by atoms with Gasteiger partial charge in [-0.2, -0.15) is 0 Å². The van der Waals surface area contributed by atoms with Crippen LogP contribution in [0.1, 0.15) is 30.7 Å².